The largest absolute Gasteiger partial charge is 0.369 e. The van der Waals surface area contributed by atoms with Crippen molar-refractivity contribution >= 4 is 34.2 Å². The van der Waals surface area contributed by atoms with Crippen LogP contribution in [0.25, 0.3) is 5.69 Å². The van der Waals surface area contributed by atoms with Crippen molar-refractivity contribution in [3.05, 3.63) is 81.4 Å². The zero-order valence-electron chi connectivity index (χ0n) is 15.9. The zero-order chi connectivity index (χ0) is 20.4. The molecule has 2 heterocycles. The first kappa shape index (κ1) is 19.9. The molecule has 0 spiro atoms. The van der Waals surface area contributed by atoms with Gasteiger partial charge in [-0.1, -0.05) is 12.1 Å². The number of para-hydroxylation sites is 1. The molecule has 0 aliphatic carbocycles. The van der Waals surface area contributed by atoms with Crippen molar-refractivity contribution in [2.24, 2.45) is 5.73 Å². The number of aromatic nitrogens is 1. The molecule has 0 saturated carbocycles. The van der Waals surface area contributed by atoms with Crippen LogP contribution in [0.3, 0.4) is 0 Å². The van der Waals surface area contributed by atoms with Crippen molar-refractivity contribution in [3.63, 3.8) is 0 Å². The van der Waals surface area contributed by atoms with Crippen LogP contribution in [0.4, 0.5) is 10.1 Å². The van der Waals surface area contributed by atoms with Gasteiger partial charge in [-0.3, -0.25) is 9.69 Å². The van der Waals surface area contributed by atoms with Crippen LogP contribution < -0.4 is 10.6 Å². The highest BCUT2D eigenvalue weighted by molar-refractivity contribution is 14.1. The monoisotopic (exact) mass is 504 g/mol. The number of halogens is 2. The molecule has 2 aromatic carbocycles. The van der Waals surface area contributed by atoms with Crippen molar-refractivity contribution in [2.45, 2.75) is 6.54 Å². The Morgan fingerprint density at radius 1 is 1.03 bits per heavy atom. The first-order valence-corrected chi connectivity index (χ1v) is 10.6. The summed E-state index contributed by atoms with van der Waals surface area (Å²) in [5.74, 6) is -0.632. The number of primary amides is 1. The first-order valence-electron chi connectivity index (χ1n) is 9.50. The minimum Gasteiger partial charge on any atom is -0.369 e. The standard InChI is InChI=1S/C22H22FIN4O/c23-17-5-7-18(8-6-17)27-11-9-26(10-12-27)14-16-13-21(24)28(15-16)20-4-2-1-3-19(20)22(25)29/h1-8,13,15H,9-12,14H2,(H2,25,29). The second kappa shape index (κ2) is 8.54. The number of anilines is 1. The highest BCUT2D eigenvalue weighted by Gasteiger charge is 2.19. The Labute approximate surface area is 183 Å². The van der Waals surface area contributed by atoms with Gasteiger partial charge in [-0.15, -0.1) is 0 Å². The molecule has 2 N–H and O–H groups in total. The summed E-state index contributed by atoms with van der Waals surface area (Å²) in [5, 5.41) is 0. The fraction of sp³-hybridized carbons (Fsp3) is 0.227. The number of piperazine rings is 1. The normalized spacial score (nSPS) is 14.9. The van der Waals surface area contributed by atoms with E-state index in [2.05, 4.69) is 44.7 Å². The second-order valence-electron chi connectivity index (χ2n) is 7.16. The number of carbonyl (C=O) groups is 1. The van der Waals surface area contributed by atoms with Gasteiger partial charge in [0.25, 0.3) is 5.91 Å². The summed E-state index contributed by atoms with van der Waals surface area (Å²) < 4.78 is 16.2. The quantitative estimate of drug-likeness (QED) is 0.540. The van der Waals surface area contributed by atoms with E-state index in [1.807, 2.05) is 34.9 Å². The molecule has 1 fully saturated rings. The molecule has 150 valence electrons. The molecule has 3 aromatic rings. The molecule has 1 aliphatic rings. The summed E-state index contributed by atoms with van der Waals surface area (Å²) in [6.07, 6.45) is 2.08. The van der Waals surface area contributed by atoms with E-state index < -0.39 is 5.91 Å². The fourth-order valence-electron chi connectivity index (χ4n) is 3.72. The van der Waals surface area contributed by atoms with Crippen LogP contribution in [0, 0.1) is 9.52 Å². The summed E-state index contributed by atoms with van der Waals surface area (Å²) in [4.78, 5) is 16.5. The lowest BCUT2D eigenvalue weighted by Crippen LogP contribution is -2.45. The Bertz CT molecular complexity index is 1010. The number of rotatable bonds is 5. The lowest BCUT2D eigenvalue weighted by Gasteiger charge is -2.36. The Morgan fingerprint density at radius 2 is 1.72 bits per heavy atom. The molecule has 4 rings (SSSR count). The molecule has 1 aromatic heterocycles. The van der Waals surface area contributed by atoms with Crippen LogP contribution in [0.15, 0.2) is 60.8 Å². The smallest absolute Gasteiger partial charge is 0.250 e. The third-order valence-corrected chi connectivity index (χ3v) is 6.06. The number of nitrogens with two attached hydrogens (primary N) is 1. The van der Waals surface area contributed by atoms with E-state index in [-0.39, 0.29) is 5.82 Å². The lowest BCUT2D eigenvalue weighted by atomic mass is 10.1. The highest BCUT2D eigenvalue weighted by Crippen LogP contribution is 2.23. The number of amides is 1. The van der Waals surface area contributed by atoms with Gasteiger partial charge >= 0.3 is 0 Å². The predicted octanol–water partition coefficient (Wildman–Crippen LogP) is 3.64. The van der Waals surface area contributed by atoms with E-state index in [4.69, 9.17) is 5.73 Å². The van der Waals surface area contributed by atoms with Gasteiger partial charge in [-0.25, -0.2) is 4.39 Å². The Balaban J connectivity index is 1.43. The number of hydrogen-bond donors (Lipinski definition) is 1. The molecule has 7 heteroatoms. The van der Waals surface area contributed by atoms with Gasteiger partial charge in [0.05, 0.1) is 15.0 Å². The van der Waals surface area contributed by atoms with Crippen molar-refractivity contribution < 1.29 is 9.18 Å². The van der Waals surface area contributed by atoms with Crippen LogP contribution in [0.2, 0.25) is 0 Å². The van der Waals surface area contributed by atoms with Gasteiger partial charge in [0, 0.05) is 44.6 Å². The van der Waals surface area contributed by atoms with Crippen molar-refractivity contribution in [3.8, 4) is 5.69 Å². The molecular formula is C22H22FIN4O. The molecule has 1 aliphatic heterocycles. The van der Waals surface area contributed by atoms with E-state index in [1.54, 1.807) is 6.07 Å². The molecule has 0 bridgehead atoms. The van der Waals surface area contributed by atoms with Crippen molar-refractivity contribution in [1.82, 2.24) is 9.47 Å². The molecule has 29 heavy (non-hydrogen) atoms. The fourth-order valence-corrected chi connectivity index (χ4v) is 4.52. The van der Waals surface area contributed by atoms with E-state index in [9.17, 15) is 9.18 Å². The Hall–Kier alpha value is -2.39. The Kier molecular flexibility index (Phi) is 5.86. The van der Waals surface area contributed by atoms with Gasteiger partial charge in [0.2, 0.25) is 0 Å². The van der Waals surface area contributed by atoms with E-state index in [0.717, 1.165) is 47.8 Å². The average Bonchev–Trinajstić information content (AvgIpc) is 3.09. The predicted molar refractivity (Wildman–Crippen MR) is 121 cm³/mol. The molecule has 5 nitrogen and oxygen atoms in total. The molecule has 1 amide bonds. The molecule has 0 radical (unpaired) electrons. The average molecular weight is 504 g/mol. The number of nitrogens with zero attached hydrogens (tertiary/aromatic N) is 3. The summed E-state index contributed by atoms with van der Waals surface area (Å²) in [6.45, 7) is 4.55. The third kappa shape index (κ3) is 4.45. The van der Waals surface area contributed by atoms with Gasteiger partial charge in [0.1, 0.15) is 5.82 Å². The van der Waals surface area contributed by atoms with E-state index in [1.165, 1.54) is 17.7 Å². The minimum atomic E-state index is -0.427. The molecule has 0 atom stereocenters. The van der Waals surface area contributed by atoms with Crippen LogP contribution in [-0.4, -0.2) is 41.6 Å². The van der Waals surface area contributed by atoms with Crippen LogP contribution in [-0.2, 0) is 6.54 Å². The van der Waals surface area contributed by atoms with E-state index >= 15 is 0 Å². The zero-order valence-corrected chi connectivity index (χ0v) is 18.0. The molecular weight excluding hydrogens is 482 g/mol. The number of hydrogen-bond acceptors (Lipinski definition) is 3. The van der Waals surface area contributed by atoms with Gasteiger partial charge in [-0.05, 0) is 70.6 Å². The third-order valence-electron chi connectivity index (χ3n) is 5.23. The second-order valence-corrected chi connectivity index (χ2v) is 8.27. The number of carbonyl (C=O) groups excluding carboxylic acids is 1. The van der Waals surface area contributed by atoms with Crippen LogP contribution in [0.5, 0.6) is 0 Å². The summed E-state index contributed by atoms with van der Waals surface area (Å²) >= 11 is 2.29. The minimum absolute atomic E-state index is 0.204. The summed E-state index contributed by atoms with van der Waals surface area (Å²) in [5.41, 5.74) is 9.12. The highest BCUT2D eigenvalue weighted by atomic mass is 127. The molecule has 1 saturated heterocycles. The van der Waals surface area contributed by atoms with Gasteiger partial charge in [-0.2, -0.15) is 0 Å². The first-order chi connectivity index (χ1) is 14.0. The maximum Gasteiger partial charge on any atom is 0.250 e. The topological polar surface area (TPSA) is 54.5 Å². The Morgan fingerprint density at radius 3 is 2.41 bits per heavy atom. The van der Waals surface area contributed by atoms with Crippen LogP contribution in [0.1, 0.15) is 15.9 Å². The van der Waals surface area contributed by atoms with E-state index in [0.29, 0.717) is 5.56 Å². The SMILES string of the molecule is NC(=O)c1ccccc1-n1cc(CN2CCN(c3ccc(F)cc3)CC2)cc1I. The van der Waals surface area contributed by atoms with Crippen molar-refractivity contribution in [1.29, 1.82) is 0 Å². The summed E-state index contributed by atoms with van der Waals surface area (Å²) in [6, 6.07) is 16.2. The summed E-state index contributed by atoms with van der Waals surface area (Å²) in [7, 11) is 0. The van der Waals surface area contributed by atoms with Crippen LogP contribution >= 0.6 is 22.6 Å². The number of benzene rings is 2. The van der Waals surface area contributed by atoms with Crippen molar-refractivity contribution in [2.75, 3.05) is 31.1 Å². The van der Waals surface area contributed by atoms with Gasteiger partial charge in [0.15, 0.2) is 0 Å². The molecule has 0 unspecified atom stereocenters. The maximum absolute atomic E-state index is 13.1. The maximum atomic E-state index is 13.1. The lowest BCUT2D eigenvalue weighted by molar-refractivity contribution is 0.100. The van der Waals surface area contributed by atoms with Gasteiger partial charge < -0.3 is 15.2 Å².